The molecule has 56 valence electrons. The van der Waals surface area contributed by atoms with Gasteiger partial charge in [0.2, 0.25) is 0 Å². The molecule has 0 atom stereocenters. The third-order valence-electron chi connectivity index (χ3n) is 1.67. The van der Waals surface area contributed by atoms with E-state index >= 15 is 0 Å². The van der Waals surface area contributed by atoms with Crippen LogP contribution in [-0.2, 0) is 0 Å². The van der Waals surface area contributed by atoms with E-state index in [9.17, 15) is 4.39 Å². The van der Waals surface area contributed by atoms with E-state index in [0.717, 1.165) is 5.39 Å². The SMILES string of the molecule is [B]c1cnc2cc(F)ccc2c1. The predicted molar refractivity (Wildman–Crippen MR) is 47.1 cm³/mol. The van der Waals surface area contributed by atoms with Crippen molar-refractivity contribution < 1.29 is 4.39 Å². The summed E-state index contributed by atoms with van der Waals surface area (Å²) in [7, 11) is 5.51. The Labute approximate surface area is 70.7 Å². The Balaban J connectivity index is 2.79. The number of pyridine rings is 1. The van der Waals surface area contributed by atoms with Gasteiger partial charge in [0.1, 0.15) is 13.7 Å². The fraction of sp³-hybridized carbons (Fsp3) is 0. The highest BCUT2D eigenvalue weighted by Crippen LogP contribution is 2.10. The number of hydrogen-bond donors (Lipinski definition) is 0. The first-order chi connectivity index (χ1) is 5.75. The summed E-state index contributed by atoms with van der Waals surface area (Å²) in [6.07, 6.45) is 1.52. The molecule has 0 aliphatic carbocycles. The zero-order valence-corrected chi connectivity index (χ0v) is 6.29. The van der Waals surface area contributed by atoms with E-state index in [0.29, 0.717) is 11.0 Å². The number of aromatic nitrogens is 1. The molecule has 1 heterocycles. The van der Waals surface area contributed by atoms with Gasteiger partial charge in [-0.2, -0.15) is 0 Å². The first kappa shape index (κ1) is 7.28. The van der Waals surface area contributed by atoms with Crippen LogP contribution in [0, 0.1) is 5.82 Å². The highest BCUT2D eigenvalue weighted by Gasteiger charge is 1.95. The van der Waals surface area contributed by atoms with Crippen LogP contribution in [0.15, 0.2) is 30.5 Å². The summed E-state index contributed by atoms with van der Waals surface area (Å²) in [6.45, 7) is 0. The Morgan fingerprint density at radius 3 is 2.92 bits per heavy atom. The van der Waals surface area contributed by atoms with Crippen molar-refractivity contribution in [3.8, 4) is 0 Å². The van der Waals surface area contributed by atoms with Crippen LogP contribution in [0.4, 0.5) is 4.39 Å². The maximum absolute atomic E-state index is 12.7. The second-order valence-electron chi connectivity index (χ2n) is 2.61. The van der Waals surface area contributed by atoms with Gasteiger partial charge in [-0.15, -0.1) is 0 Å². The molecule has 0 aliphatic heterocycles. The summed E-state index contributed by atoms with van der Waals surface area (Å²) >= 11 is 0. The lowest BCUT2D eigenvalue weighted by Crippen LogP contribution is -2.01. The minimum atomic E-state index is -0.278. The Morgan fingerprint density at radius 1 is 1.25 bits per heavy atom. The van der Waals surface area contributed by atoms with Crippen molar-refractivity contribution in [1.29, 1.82) is 0 Å². The average Bonchev–Trinajstić information content (AvgIpc) is 2.05. The molecular formula is C9H5BFN. The second-order valence-corrected chi connectivity index (χ2v) is 2.61. The molecule has 1 aromatic carbocycles. The van der Waals surface area contributed by atoms with Gasteiger partial charge in [0.25, 0.3) is 0 Å². The van der Waals surface area contributed by atoms with E-state index in [1.54, 1.807) is 12.1 Å². The summed E-state index contributed by atoms with van der Waals surface area (Å²) in [5.74, 6) is -0.278. The van der Waals surface area contributed by atoms with Gasteiger partial charge in [-0.25, -0.2) is 4.39 Å². The molecule has 12 heavy (non-hydrogen) atoms. The Morgan fingerprint density at radius 2 is 2.08 bits per heavy atom. The normalized spacial score (nSPS) is 10.4. The number of hydrogen-bond acceptors (Lipinski definition) is 1. The van der Waals surface area contributed by atoms with Gasteiger partial charge < -0.3 is 0 Å². The van der Waals surface area contributed by atoms with Gasteiger partial charge in [0, 0.05) is 12.3 Å². The van der Waals surface area contributed by atoms with Crippen LogP contribution in [0.2, 0.25) is 0 Å². The molecule has 0 amide bonds. The van der Waals surface area contributed by atoms with Gasteiger partial charge in [-0.1, -0.05) is 11.5 Å². The van der Waals surface area contributed by atoms with Gasteiger partial charge in [0.15, 0.2) is 0 Å². The van der Waals surface area contributed by atoms with Crippen LogP contribution in [0.3, 0.4) is 0 Å². The molecule has 0 saturated carbocycles. The van der Waals surface area contributed by atoms with E-state index in [-0.39, 0.29) is 5.82 Å². The van der Waals surface area contributed by atoms with Gasteiger partial charge >= 0.3 is 0 Å². The van der Waals surface area contributed by atoms with E-state index in [4.69, 9.17) is 7.85 Å². The molecule has 1 aromatic heterocycles. The fourth-order valence-corrected chi connectivity index (χ4v) is 1.11. The number of rotatable bonds is 0. The molecule has 0 saturated heterocycles. The lowest BCUT2D eigenvalue weighted by atomic mass is 9.97. The van der Waals surface area contributed by atoms with Gasteiger partial charge in [0.05, 0.1) is 5.52 Å². The molecule has 0 spiro atoms. The van der Waals surface area contributed by atoms with Crippen molar-refractivity contribution in [2.45, 2.75) is 0 Å². The lowest BCUT2D eigenvalue weighted by Gasteiger charge is -1.97. The van der Waals surface area contributed by atoms with Crippen LogP contribution >= 0.6 is 0 Å². The average molecular weight is 157 g/mol. The molecule has 3 heteroatoms. The molecule has 0 bridgehead atoms. The third-order valence-corrected chi connectivity index (χ3v) is 1.67. The Hall–Kier alpha value is -1.38. The van der Waals surface area contributed by atoms with Crippen molar-refractivity contribution >= 4 is 24.2 Å². The highest BCUT2D eigenvalue weighted by molar-refractivity contribution is 6.32. The summed E-state index contributed by atoms with van der Waals surface area (Å²) in [5.41, 5.74) is 1.22. The number of nitrogens with zero attached hydrogens (tertiary/aromatic N) is 1. The zero-order chi connectivity index (χ0) is 8.55. The monoisotopic (exact) mass is 157 g/mol. The summed E-state index contributed by atoms with van der Waals surface area (Å²) in [4.78, 5) is 3.98. The molecule has 0 aliphatic rings. The van der Waals surface area contributed by atoms with Crippen molar-refractivity contribution in [3.05, 3.63) is 36.3 Å². The molecular weight excluding hydrogens is 152 g/mol. The summed E-state index contributed by atoms with van der Waals surface area (Å²) in [6, 6.07) is 6.20. The summed E-state index contributed by atoms with van der Waals surface area (Å²) < 4.78 is 12.7. The molecule has 2 rings (SSSR count). The standard InChI is InChI=1S/C9H5BFN/c10-7-3-6-1-2-8(11)4-9(6)12-5-7/h1-5H. The Bertz CT molecular complexity index is 387. The van der Waals surface area contributed by atoms with E-state index < -0.39 is 0 Å². The van der Waals surface area contributed by atoms with Crippen LogP contribution in [0.1, 0.15) is 0 Å². The van der Waals surface area contributed by atoms with Gasteiger partial charge in [-0.3, -0.25) is 4.98 Å². The first-order valence-electron chi connectivity index (χ1n) is 3.56. The van der Waals surface area contributed by atoms with E-state index in [1.165, 1.54) is 18.3 Å². The fourth-order valence-electron chi connectivity index (χ4n) is 1.11. The smallest absolute Gasteiger partial charge is 0.125 e. The summed E-state index contributed by atoms with van der Waals surface area (Å²) in [5, 5.41) is 0.858. The van der Waals surface area contributed by atoms with Crippen molar-refractivity contribution in [1.82, 2.24) is 4.98 Å². The largest absolute Gasteiger partial charge is 0.257 e. The van der Waals surface area contributed by atoms with E-state index in [2.05, 4.69) is 4.98 Å². The first-order valence-corrected chi connectivity index (χ1v) is 3.56. The van der Waals surface area contributed by atoms with Crippen molar-refractivity contribution in [2.24, 2.45) is 0 Å². The lowest BCUT2D eigenvalue weighted by molar-refractivity contribution is 0.629. The van der Waals surface area contributed by atoms with Crippen LogP contribution in [0.25, 0.3) is 10.9 Å². The maximum atomic E-state index is 12.7. The Kier molecular flexibility index (Phi) is 1.57. The predicted octanol–water partition coefficient (Wildman–Crippen LogP) is 1.17. The van der Waals surface area contributed by atoms with Gasteiger partial charge in [-0.05, 0) is 17.5 Å². The van der Waals surface area contributed by atoms with Crippen LogP contribution < -0.4 is 5.46 Å². The van der Waals surface area contributed by atoms with Crippen molar-refractivity contribution in [3.63, 3.8) is 0 Å². The molecule has 2 radical (unpaired) electrons. The molecule has 1 nitrogen and oxygen atoms in total. The van der Waals surface area contributed by atoms with Crippen LogP contribution in [-0.4, -0.2) is 12.8 Å². The number of benzene rings is 1. The highest BCUT2D eigenvalue weighted by atomic mass is 19.1. The minimum Gasteiger partial charge on any atom is -0.257 e. The third kappa shape index (κ3) is 1.18. The topological polar surface area (TPSA) is 12.9 Å². The number of halogens is 1. The molecule has 2 aromatic rings. The molecule has 0 N–H and O–H groups in total. The quantitative estimate of drug-likeness (QED) is 0.523. The number of fused-ring (bicyclic) bond motifs is 1. The maximum Gasteiger partial charge on any atom is 0.125 e. The molecule has 0 unspecified atom stereocenters. The molecule has 0 fully saturated rings. The van der Waals surface area contributed by atoms with Crippen LogP contribution in [0.5, 0.6) is 0 Å². The zero-order valence-electron chi connectivity index (χ0n) is 6.29. The van der Waals surface area contributed by atoms with E-state index in [1.807, 2.05) is 0 Å². The second kappa shape index (κ2) is 2.59. The van der Waals surface area contributed by atoms with Crippen molar-refractivity contribution in [2.75, 3.05) is 0 Å². The minimum absolute atomic E-state index is 0.278.